The van der Waals surface area contributed by atoms with Gasteiger partial charge in [-0.2, -0.15) is 0 Å². The van der Waals surface area contributed by atoms with Gasteiger partial charge in [0.15, 0.2) is 0 Å². The maximum Gasteiger partial charge on any atom is 0.258 e. The predicted molar refractivity (Wildman–Crippen MR) is 88.2 cm³/mol. The van der Waals surface area contributed by atoms with Crippen LogP contribution in [0.5, 0.6) is 5.75 Å². The lowest BCUT2D eigenvalue weighted by molar-refractivity contribution is 0.112. The van der Waals surface area contributed by atoms with E-state index in [0.29, 0.717) is 16.6 Å². The van der Waals surface area contributed by atoms with Crippen molar-refractivity contribution in [1.29, 1.82) is 0 Å². The second kappa shape index (κ2) is 6.57. The van der Waals surface area contributed by atoms with Gasteiger partial charge in [-0.3, -0.25) is 4.79 Å². The van der Waals surface area contributed by atoms with Crippen molar-refractivity contribution in [2.75, 3.05) is 0 Å². The van der Waals surface area contributed by atoms with Crippen LogP contribution in [0, 0.1) is 6.92 Å². The predicted octanol–water partition coefficient (Wildman–Crippen LogP) is 5.36. The summed E-state index contributed by atoms with van der Waals surface area (Å²) in [6.45, 7) is 15.6. The molecule has 0 unspecified atom stereocenters. The molecule has 0 spiro atoms. The number of hydrogen-bond donors (Lipinski definition) is 0. The number of aryl methyl sites for hydroxylation is 1. The zero-order chi connectivity index (χ0) is 15.5. The molecule has 3 heteroatoms. The van der Waals surface area contributed by atoms with Crippen LogP contribution in [-0.2, 0) is 0 Å². The first kappa shape index (κ1) is 17.0. The fraction of sp³-hybridized carbons (Fsp3) is 0.588. The van der Waals surface area contributed by atoms with Gasteiger partial charge >= 0.3 is 0 Å². The lowest BCUT2D eigenvalue weighted by Crippen LogP contribution is -2.50. The first-order chi connectivity index (χ1) is 9.25. The molecular formula is C17H28O2Si. The molecule has 1 aromatic carbocycles. The van der Waals surface area contributed by atoms with Gasteiger partial charge in [0.25, 0.3) is 8.32 Å². The third-order valence-electron chi connectivity index (χ3n) is 4.37. The molecule has 0 heterocycles. The Bertz CT molecular complexity index is 442. The summed E-state index contributed by atoms with van der Waals surface area (Å²) >= 11 is 0. The molecule has 0 aliphatic heterocycles. The molecule has 1 rings (SSSR count). The second-order valence-electron chi connectivity index (χ2n) is 6.56. The fourth-order valence-electron chi connectivity index (χ4n) is 3.40. The van der Waals surface area contributed by atoms with E-state index in [1.54, 1.807) is 0 Å². The van der Waals surface area contributed by atoms with Gasteiger partial charge in [0.2, 0.25) is 0 Å². The summed E-state index contributed by atoms with van der Waals surface area (Å²) in [5.74, 6) is 0.913. The second-order valence-corrected chi connectivity index (χ2v) is 11.9. The van der Waals surface area contributed by atoms with Crippen LogP contribution >= 0.6 is 0 Å². The molecule has 2 nitrogen and oxygen atoms in total. The average molecular weight is 292 g/mol. The lowest BCUT2D eigenvalue weighted by atomic mass is 10.1. The van der Waals surface area contributed by atoms with E-state index in [-0.39, 0.29) is 0 Å². The Kier molecular flexibility index (Phi) is 5.57. The summed E-state index contributed by atoms with van der Waals surface area (Å²) in [7, 11) is -1.91. The molecule has 0 aliphatic rings. The maximum atomic E-state index is 10.9. The highest BCUT2D eigenvalue weighted by atomic mass is 28.4. The molecule has 1 aromatic rings. The normalized spacial score (nSPS) is 12.3. The fourth-order valence-corrected chi connectivity index (χ4v) is 8.64. The summed E-state index contributed by atoms with van der Waals surface area (Å²) < 4.78 is 6.59. The van der Waals surface area contributed by atoms with E-state index in [9.17, 15) is 4.79 Å². The van der Waals surface area contributed by atoms with Crippen LogP contribution in [0.3, 0.4) is 0 Å². The standard InChI is InChI=1S/C17H28O2Si/c1-12(2)20(13(3)4,14(5)6)19-17-9-8-16(11-18)15(7)10-17/h8-14H,1-7H3. The van der Waals surface area contributed by atoms with Gasteiger partial charge in [0.05, 0.1) is 0 Å². The van der Waals surface area contributed by atoms with Crippen molar-refractivity contribution in [2.45, 2.75) is 65.1 Å². The number of aldehydes is 1. The average Bonchev–Trinajstić information content (AvgIpc) is 2.34. The number of rotatable bonds is 6. The molecule has 0 amide bonds. The highest BCUT2D eigenvalue weighted by Gasteiger charge is 2.46. The van der Waals surface area contributed by atoms with Crippen LogP contribution in [0.4, 0.5) is 0 Å². The third kappa shape index (κ3) is 3.14. The Hall–Kier alpha value is -1.09. The van der Waals surface area contributed by atoms with Gasteiger partial charge < -0.3 is 4.43 Å². The molecule has 0 atom stereocenters. The maximum absolute atomic E-state index is 10.9. The van der Waals surface area contributed by atoms with Crippen molar-refractivity contribution in [2.24, 2.45) is 0 Å². The molecule has 112 valence electrons. The summed E-state index contributed by atoms with van der Waals surface area (Å²) in [6.07, 6.45) is 0.900. The van der Waals surface area contributed by atoms with Crippen molar-refractivity contribution in [3.05, 3.63) is 29.3 Å². The minimum atomic E-state index is -1.91. The minimum absolute atomic E-state index is 0.550. The molecule has 0 bridgehead atoms. The van der Waals surface area contributed by atoms with E-state index in [2.05, 4.69) is 41.5 Å². The van der Waals surface area contributed by atoms with Gasteiger partial charge in [0, 0.05) is 5.56 Å². The quantitative estimate of drug-likeness (QED) is 0.521. The van der Waals surface area contributed by atoms with E-state index < -0.39 is 8.32 Å². The Labute approximate surface area is 124 Å². The largest absolute Gasteiger partial charge is 0.543 e. The number of benzene rings is 1. The number of carbonyl (C=O) groups is 1. The topological polar surface area (TPSA) is 26.3 Å². The third-order valence-corrected chi connectivity index (χ3v) is 10.4. The van der Waals surface area contributed by atoms with Crippen molar-refractivity contribution >= 4 is 14.6 Å². The Balaban J connectivity index is 3.19. The van der Waals surface area contributed by atoms with E-state index in [1.165, 1.54) is 0 Å². The molecule has 0 radical (unpaired) electrons. The van der Waals surface area contributed by atoms with Crippen LogP contribution in [0.25, 0.3) is 0 Å². The van der Waals surface area contributed by atoms with E-state index in [1.807, 2.05) is 25.1 Å². The Morgan fingerprint density at radius 3 is 1.85 bits per heavy atom. The highest BCUT2D eigenvalue weighted by Crippen LogP contribution is 2.42. The van der Waals surface area contributed by atoms with Gasteiger partial charge in [-0.25, -0.2) is 0 Å². The van der Waals surface area contributed by atoms with Crippen molar-refractivity contribution in [3.8, 4) is 5.75 Å². The van der Waals surface area contributed by atoms with Gasteiger partial charge in [-0.1, -0.05) is 41.5 Å². The Morgan fingerprint density at radius 2 is 1.50 bits per heavy atom. The minimum Gasteiger partial charge on any atom is -0.543 e. The van der Waals surface area contributed by atoms with Crippen LogP contribution < -0.4 is 4.43 Å². The first-order valence-electron chi connectivity index (χ1n) is 7.50. The van der Waals surface area contributed by atoms with Crippen LogP contribution in [0.15, 0.2) is 18.2 Å². The van der Waals surface area contributed by atoms with Crippen molar-refractivity contribution in [1.82, 2.24) is 0 Å². The highest BCUT2D eigenvalue weighted by molar-refractivity contribution is 6.78. The van der Waals surface area contributed by atoms with E-state index in [4.69, 9.17) is 4.43 Å². The van der Waals surface area contributed by atoms with Crippen LogP contribution in [-0.4, -0.2) is 14.6 Å². The molecule has 0 saturated heterocycles. The Morgan fingerprint density at radius 1 is 1.00 bits per heavy atom. The summed E-state index contributed by atoms with van der Waals surface area (Å²) in [6, 6.07) is 5.79. The van der Waals surface area contributed by atoms with Crippen molar-refractivity contribution in [3.63, 3.8) is 0 Å². The molecule has 0 fully saturated rings. The van der Waals surface area contributed by atoms with Crippen LogP contribution in [0.1, 0.15) is 57.5 Å². The molecular weight excluding hydrogens is 264 g/mol. The molecule has 0 aliphatic carbocycles. The summed E-state index contributed by atoms with van der Waals surface area (Å²) in [5, 5.41) is 0. The smallest absolute Gasteiger partial charge is 0.258 e. The monoisotopic (exact) mass is 292 g/mol. The van der Waals surface area contributed by atoms with Gasteiger partial charge in [0.1, 0.15) is 12.0 Å². The molecule has 20 heavy (non-hydrogen) atoms. The number of hydrogen-bond acceptors (Lipinski definition) is 2. The summed E-state index contributed by atoms with van der Waals surface area (Å²) in [5.41, 5.74) is 3.37. The number of carbonyl (C=O) groups excluding carboxylic acids is 1. The lowest BCUT2D eigenvalue weighted by Gasteiger charge is -2.42. The van der Waals surface area contributed by atoms with Gasteiger partial charge in [-0.05, 0) is 47.3 Å². The zero-order valence-electron chi connectivity index (χ0n) is 13.9. The first-order valence-corrected chi connectivity index (χ1v) is 9.64. The molecule has 0 aromatic heterocycles. The van der Waals surface area contributed by atoms with Crippen molar-refractivity contribution < 1.29 is 9.22 Å². The molecule has 0 N–H and O–H groups in total. The van der Waals surface area contributed by atoms with Gasteiger partial charge in [-0.15, -0.1) is 0 Å². The van der Waals surface area contributed by atoms with E-state index in [0.717, 1.165) is 23.2 Å². The SMILES string of the molecule is Cc1cc(O[Si](C(C)C)(C(C)C)C(C)C)ccc1C=O. The van der Waals surface area contributed by atoms with E-state index >= 15 is 0 Å². The van der Waals surface area contributed by atoms with Crippen LogP contribution in [0.2, 0.25) is 16.6 Å². The zero-order valence-corrected chi connectivity index (χ0v) is 14.9. The summed E-state index contributed by atoms with van der Waals surface area (Å²) in [4.78, 5) is 10.9. The molecule has 0 saturated carbocycles.